The Morgan fingerprint density at radius 3 is 2.43 bits per heavy atom. The van der Waals surface area contributed by atoms with Crippen molar-refractivity contribution in [1.29, 1.82) is 0 Å². The highest BCUT2D eigenvalue weighted by Crippen LogP contribution is 2.18. The molecule has 0 saturated carbocycles. The lowest BCUT2D eigenvalue weighted by atomic mass is 9.99. The topological polar surface area (TPSA) is 26.0 Å². The van der Waals surface area contributed by atoms with E-state index in [1.54, 1.807) is 6.92 Å². The van der Waals surface area contributed by atoms with Crippen molar-refractivity contribution < 1.29 is 4.39 Å². The van der Waals surface area contributed by atoms with Gasteiger partial charge < -0.3 is 5.73 Å². The predicted molar refractivity (Wildman–Crippen MR) is 61.0 cm³/mol. The largest absolute Gasteiger partial charge is 0.328 e. The van der Waals surface area contributed by atoms with Crippen molar-refractivity contribution in [1.82, 2.24) is 0 Å². The molecule has 3 heteroatoms. The van der Waals surface area contributed by atoms with Crippen LogP contribution in [-0.4, -0.2) is 12.2 Å². The van der Waals surface area contributed by atoms with Crippen molar-refractivity contribution in [3.8, 4) is 0 Å². The Kier molecular flexibility index (Phi) is 4.08. The first-order chi connectivity index (χ1) is 6.53. The number of aryl methyl sites for hydroxylation is 1. The van der Waals surface area contributed by atoms with Gasteiger partial charge in [-0.3, -0.25) is 0 Å². The Labute approximate surface area is 92.6 Å². The average Bonchev–Trinajstić information content (AvgIpc) is 2.17. The van der Waals surface area contributed by atoms with Gasteiger partial charge in [0.2, 0.25) is 0 Å². The molecule has 1 unspecified atom stereocenters. The van der Waals surface area contributed by atoms with Gasteiger partial charge >= 0.3 is 0 Å². The Hall–Kier alpha value is -0.410. The molecule has 0 aliphatic carbocycles. The maximum absolute atomic E-state index is 13.5. The minimum atomic E-state index is -1.24. The van der Waals surface area contributed by atoms with Crippen molar-refractivity contribution in [3.63, 3.8) is 0 Å². The summed E-state index contributed by atoms with van der Waals surface area (Å²) in [5.74, 6) is 0. The van der Waals surface area contributed by atoms with E-state index < -0.39 is 5.67 Å². The summed E-state index contributed by atoms with van der Waals surface area (Å²) >= 11 is 3.36. The summed E-state index contributed by atoms with van der Waals surface area (Å²) in [6, 6.07) is 7.92. The maximum atomic E-state index is 13.5. The van der Waals surface area contributed by atoms with Crippen molar-refractivity contribution in [2.24, 2.45) is 5.73 Å². The highest BCUT2D eigenvalue weighted by Gasteiger charge is 2.20. The molecule has 1 aromatic carbocycles. The Bertz CT molecular complexity index is 282. The fourth-order valence-corrected chi connectivity index (χ4v) is 1.42. The zero-order valence-electron chi connectivity index (χ0n) is 8.26. The molecule has 1 atom stereocenters. The summed E-state index contributed by atoms with van der Waals surface area (Å²) in [4.78, 5) is 0. The number of nitrogens with two attached hydrogens (primary N) is 1. The number of benzene rings is 1. The monoisotopic (exact) mass is 259 g/mol. The zero-order chi connectivity index (χ0) is 10.6. The second-order valence-electron chi connectivity index (χ2n) is 3.74. The number of alkyl halides is 1. The van der Waals surface area contributed by atoms with E-state index in [1.165, 1.54) is 0 Å². The van der Waals surface area contributed by atoms with Crippen LogP contribution in [0.3, 0.4) is 0 Å². The van der Waals surface area contributed by atoms with Crippen LogP contribution in [0, 0.1) is 0 Å². The molecule has 1 rings (SSSR count). The molecule has 2 N–H and O–H groups in total. The van der Waals surface area contributed by atoms with E-state index in [-0.39, 0.29) is 6.54 Å². The van der Waals surface area contributed by atoms with Gasteiger partial charge in [0.05, 0.1) is 0 Å². The summed E-state index contributed by atoms with van der Waals surface area (Å²) in [6.07, 6.45) is 1.21. The molecule has 0 spiro atoms. The summed E-state index contributed by atoms with van der Waals surface area (Å²) in [5, 5.41) is 0. The van der Waals surface area contributed by atoms with Gasteiger partial charge in [-0.1, -0.05) is 28.1 Å². The first-order valence-electron chi connectivity index (χ1n) is 4.67. The lowest BCUT2D eigenvalue weighted by molar-refractivity contribution is 0.186. The molecular formula is C11H15BrFN. The Balaban J connectivity index is 2.50. The maximum Gasteiger partial charge on any atom is 0.120 e. The van der Waals surface area contributed by atoms with Gasteiger partial charge in [-0.25, -0.2) is 4.39 Å². The number of halogens is 2. The third-order valence-electron chi connectivity index (χ3n) is 2.27. The summed E-state index contributed by atoms with van der Waals surface area (Å²) < 4.78 is 14.5. The molecule has 1 aromatic rings. The SMILES string of the molecule is CC(F)(CN)CCc1ccc(Br)cc1. The van der Waals surface area contributed by atoms with E-state index in [1.807, 2.05) is 24.3 Å². The van der Waals surface area contributed by atoms with Crippen molar-refractivity contribution in [2.75, 3.05) is 6.54 Å². The summed E-state index contributed by atoms with van der Waals surface area (Å²) in [7, 11) is 0. The van der Waals surface area contributed by atoms with Crippen molar-refractivity contribution >= 4 is 15.9 Å². The van der Waals surface area contributed by atoms with E-state index in [0.717, 1.165) is 16.5 Å². The summed E-state index contributed by atoms with van der Waals surface area (Å²) in [6.45, 7) is 1.63. The van der Waals surface area contributed by atoms with Gasteiger partial charge in [-0.15, -0.1) is 0 Å². The fraction of sp³-hybridized carbons (Fsp3) is 0.455. The molecule has 0 aromatic heterocycles. The molecule has 0 aliphatic rings. The normalized spacial score (nSPS) is 15.1. The molecule has 78 valence electrons. The van der Waals surface area contributed by atoms with Gasteiger partial charge in [-0.2, -0.15) is 0 Å². The average molecular weight is 260 g/mol. The first-order valence-corrected chi connectivity index (χ1v) is 5.46. The number of hydrogen-bond donors (Lipinski definition) is 1. The number of hydrogen-bond acceptors (Lipinski definition) is 1. The van der Waals surface area contributed by atoms with Gasteiger partial charge in [0.25, 0.3) is 0 Å². The van der Waals surface area contributed by atoms with Crippen molar-refractivity contribution in [3.05, 3.63) is 34.3 Å². The quantitative estimate of drug-likeness (QED) is 0.884. The van der Waals surface area contributed by atoms with Gasteiger partial charge in [-0.05, 0) is 37.5 Å². The van der Waals surface area contributed by atoms with Crippen LogP contribution in [0.15, 0.2) is 28.7 Å². The lowest BCUT2D eigenvalue weighted by Gasteiger charge is -2.17. The number of rotatable bonds is 4. The van der Waals surface area contributed by atoms with E-state index >= 15 is 0 Å². The van der Waals surface area contributed by atoms with Crippen LogP contribution in [0.5, 0.6) is 0 Å². The molecular weight excluding hydrogens is 245 g/mol. The van der Waals surface area contributed by atoms with E-state index in [2.05, 4.69) is 15.9 Å². The molecule has 0 heterocycles. The standard InChI is InChI=1S/C11H15BrFN/c1-11(13,8-14)7-6-9-2-4-10(12)5-3-9/h2-5H,6-8,14H2,1H3. The Morgan fingerprint density at radius 1 is 1.36 bits per heavy atom. The minimum absolute atomic E-state index is 0.0868. The van der Waals surface area contributed by atoms with Crippen LogP contribution in [0.4, 0.5) is 4.39 Å². The van der Waals surface area contributed by atoms with Crippen LogP contribution in [0.1, 0.15) is 18.9 Å². The van der Waals surface area contributed by atoms with Crippen LogP contribution < -0.4 is 5.73 Å². The fourth-order valence-electron chi connectivity index (χ4n) is 1.16. The lowest BCUT2D eigenvalue weighted by Crippen LogP contribution is -2.29. The van der Waals surface area contributed by atoms with Gasteiger partial charge in [0, 0.05) is 11.0 Å². The first kappa shape index (κ1) is 11.7. The predicted octanol–water partition coefficient (Wildman–Crippen LogP) is 3.07. The third kappa shape index (κ3) is 3.76. The van der Waals surface area contributed by atoms with Crippen LogP contribution >= 0.6 is 15.9 Å². The van der Waals surface area contributed by atoms with E-state index in [4.69, 9.17) is 5.73 Å². The minimum Gasteiger partial charge on any atom is -0.328 e. The molecule has 0 aliphatic heterocycles. The molecule has 1 nitrogen and oxygen atoms in total. The molecule has 0 fully saturated rings. The van der Waals surface area contributed by atoms with Gasteiger partial charge in [0.1, 0.15) is 5.67 Å². The molecule has 0 saturated heterocycles. The van der Waals surface area contributed by atoms with Crippen LogP contribution in [0.25, 0.3) is 0 Å². The van der Waals surface area contributed by atoms with E-state index in [0.29, 0.717) is 6.42 Å². The van der Waals surface area contributed by atoms with Gasteiger partial charge in [0.15, 0.2) is 0 Å². The zero-order valence-corrected chi connectivity index (χ0v) is 9.85. The molecule has 14 heavy (non-hydrogen) atoms. The third-order valence-corrected chi connectivity index (χ3v) is 2.80. The second-order valence-corrected chi connectivity index (χ2v) is 4.66. The highest BCUT2D eigenvalue weighted by molar-refractivity contribution is 9.10. The smallest absolute Gasteiger partial charge is 0.120 e. The molecule has 0 bridgehead atoms. The van der Waals surface area contributed by atoms with Crippen molar-refractivity contribution in [2.45, 2.75) is 25.4 Å². The Morgan fingerprint density at radius 2 is 1.93 bits per heavy atom. The molecule has 0 radical (unpaired) electrons. The molecule has 0 amide bonds. The second kappa shape index (κ2) is 4.89. The summed E-state index contributed by atoms with van der Waals surface area (Å²) in [5.41, 5.74) is 5.21. The highest BCUT2D eigenvalue weighted by atomic mass is 79.9. The van der Waals surface area contributed by atoms with Crippen LogP contribution in [-0.2, 0) is 6.42 Å². The van der Waals surface area contributed by atoms with E-state index in [9.17, 15) is 4.39 Å². The van der Waals surface area contributed by atoms with Crippen LogP contribution in [0.2, 0.25) is 0 Å².